The minimum atomic E-state index is -0.157. The molecule has 0 aliphatic carbocycles. The van der Waals surface area contributed by atoms with Crippen molar-refractivity contribution in [2.75, 3.05) is 0 Å². The Kier molecular flexibility index (Phi) is 1.21. The molecule has 49 valence electrons. The van der Waals surface area contributed by atoms with Crippen molar-refractivity contribution in [1.29, 1.82) is 0 Å². The molecular weight excluding hydrogens is 147 g/mol. The van der Waals surface area contributed by atoms with Crippen LogP contribution < -0.4 is 0 Å². The van der Waals surface area contributed by atoms with Crippen molar-refractivity contribution in [3.8, 4) is 0 Å². The number of fused-ring (bicyclic) bond motifs is 1. The Labute approximate surface area is 61.9 Å². The molecule has 0 atom stereocenters. The summed E-state index contributed by atoms with van der Waals surface area (Å²) in [7, 11) is 0. The summed E-state index contributed by atoms with van der Waals surface area (Å²) < 4.78 is 13.8. The summed E-state index contributed by atoms with van der Waals surface area (Å²) in [6.07, 6.45) is 0. The van der Waals surface area contributed by atoms with E-state index in [1.54, 1.807) is 12.1 Å². The predicted octanol–water partition coefficient (Wildman–Crippen LogP) is 2.84. The highest BCUT2D eigenvalue weighted by molar-refractivity contribution is 7.16. The van der Waals surface area contributed by atoms with Gasteiger partial charge >= 0.3 is 0 Å². The second kappa shape index (κ2) is 2.06. The summed E-state index contributed by atoms with van der Waals surface area (Å²) in [5.74, 6) is -0.157. The highest BCUT2D eigenvalue weighted by Crippen LogP contribution is 2.21. The molecule has 0 nitrogen and oxygen atoms in total. The Hall–Kier alpha value is -0.890. The van der Waals surface area contributed by atoms with Crippen LogP contribution in [0, 0.1) is 11.2 Å². The normalized spacial score (nSPS) is 10.5. The number of halogens is 1. The molecule has 0 aliphatic rings. The molecule has 1 aromatic carbocycles. The van der Waals surface area contributed by atoms with Gasteiger partial charge in [0.15, 0.2) is 0 Å². The highest BCUT2D eigenvalue weighted by atomic mass is 32.1. The quantitative estimate of drug-likeness (QED) is 0.543. The second-order valence-electron chi connectivity index (χ2n) is 2.02. The van der Waals surface area contributed by atoms with E-state index in [1.165, 1.54) is 17.4 Å². The van der Waals surface area contributed by atoms with Crippen LogP contribution in [0.4, 0.5) is 4.39 Å². The van der Waals surface area contributed by atoms with E-state index in [0.29, 0.717) is 5.39 Å². The summed E-state index contributed by atoms with van der Waals surface area (Å²) in [5, 5.41) is 3.55. The molecule has 0 saturated heterocycles. The van der Waals surface area contributed by atoms with Crippen LogP contribution in [0.25, 0.3) is 10.1 Å². The van der Waals surface area contributed by atoms with Gasteiger partial charge in [0, 0.05) is 15.5 Å². The summed E-state index contributed by atoms with van der Waals surface area (Å²) in [5.41, 5.74) is 0. The fourth-order valence-electron chi connectivity index (χ4n) is 0.898. The van der Waals surface area contributed by atoms with Crippen molar-refractivity contribution in [1.82, 2.24) is 0 Å². The second-order valence-corrected chi connectivity index (χ2v) is 2.90. The minimum Gasteiger partial charge on any atom is -0.206 e. The Morgan fingerprint density at radius 3 is 3.10 bits per heavy atom. The standard InChI is InChI=1S/C8H4FS/c9-7-2-1-3-8-6(7)4-5-10-8/h1-4H. The van der Waals surface area contributed by atoms with Crippen molar-refractivity contribution in [2.45, 2.75) is 0 Å². The molecule has 2 heteroatoms. The van der Waals surface area contributed by atoms with Crippen LogP contribution in [-0.4, -0.2) is 0 Å². The van der Waals surface area contributed by atoms with E-state index in [0.717, 1.165) is 4.70 Å². The van der Waals surface area contributed by atoms with Gasteiger partial charge in [-0.1, -0.05) is 6.07 Å². The lowest BCUT2D eigenvalue weighted by molar-refractivity contribution is 0.640. The molecule has 0 N–H and O–H groups in total. The van der Waals surface area contributed by atoms with Crippen molar-refractivity contribution >= 4 is 21.4 Å². The van der Waals surface area contributed by atoms with Gasteiger partial charge in [-0.05, 0) is 18.2 Å². The molecule has 0 fully saturated rings. The minimum absolute atomic E-state index is 0.157. The first-order valence-corrected chi connectivity index (χ1v) is 3.74. The van der Waals surface area contributed by atoms with Crippen molar-refractivity contribution in [2.24, 2.45) is 0 Å². The molecule has 0 saturated carbocycles. The van der Waals surface area contributed by atoms with Crippen LogP contribution in [-0.2, 0) is 0 Å². The van der Waals surface area contributed by atoms with Crippen LogP contribution in [0.3, 0.4) is 0 Å². The van der Waals surface area contributed by atoms with Gasteiger partial charge in [0.2, 0.25) is 0 Å². The van der Waals surface area contributed by atoms with Crippen LogP contribution in [0.2, 0.25) is 0 Å². The third-order valence-corrected chi connectivity index (χ3v) is 2.20. The van der Waals surface area contributed by atoms with Gasteiger partial charge in [-0.25, -0.2) is 4.39 Å². The molecule has 2 aromatic rings. The number of thiophene rings is 1. The number of hydrogen-bond acceptors (Lipinski definition) is 1. The zero-order valence-corrected chi connectivity index (χ0v) is 5.91. The van der Waals surface area contributed by atoms with Crippen molar-refractivity contribution in [3.63, 3.8) is 0 Å². The molecule has 0 unspecified atom stereocenters. The maximum absolute atomic E-state index is 12.8. The SMILES string of the molecule is Fc1cccc2s[c]cc12. The Balaban J connectivity index is 2.95. The number of rotatable bonds is 0. The van der Waals surface area contributed by atoms with Crippen LogP contribution in [0.1, 0.15) is 0 Å². The third kappa shape index (κ3) is 0.727. The molecule has 10 heavy (non-hydrogen) atoms. The molecule has 1 heterocycles. The molecule has 0 bridgehead atoms. The molecular formula is C8H4FS. The van der Waals surface area contributed by atoms with Crippen molar-refractivity contribution < 1.29 is 4.39 Å². The fourth-order valence-corrected chi connectivity index (χ4v) is 1.61. The first-order chi connectivity index (χ1) is 4.88. The fraction of sp³-hybridized carbons (Fsp3) is 0. The van der Waals surface area contributed by atoms with Gasteiger partial charge in [0.1, 0.15) is 5.82 Å². The van der Waals surface area contributed by atoms with E-state index in [4.69, 9.17) is 0 Å². The first-order valence-electron chi connectivity index (χ1n) is 2.92. The van der Waals surface area contributed by atoms with Gasteiger partial charge in [0.25, 0.3) is 0 Å². The summed E-state index contributed by atoms with van der Waals surface area (Å²) >= 11 is 1.44. The average Bonchev–Trinajstić information content (AvgIpc) is 2.36. The van der Waals surface area contributed by atoms with E-state index in [1.807, 2.05) is 6.07 Å². The molecule has 1 aromatic heterocycles. The lowest BCUT2D eigenvalue weighted by atomic mass is 10.2. The van der Waals surface area contributed by atoms with Gasteiger partial charge in [-0.2, -0.15) is 0 Å². The molecule has 1 radical (unpaired) electrons. The average molecular weight is 151 g/mol. The Bertz CT molecular complexity index is 351. The third-order valence-electron chi connectivity index (χ3n) is 1.39. The molecule has 0 spiro atoms. The lowest BCUT2D eigenvalue weighted by Crippen LogP contribution is -1.70. The summed E-state index contributed by atoms with van der Waals surface area (Å²) in [6.45, 7) is 0. The highest BCUT2D eigenvalue weighted by Gasteiger charge is 1.98. The van der Waals surface area contributed by atoms with Crippen molar-refractivity contribution in [3.05, 3.63) is 35.5 Å². The van der Waals surface area contributed by atoms with E-state index >= 15 is 0 Å². The Morgan fingerprint density at radius 1 is 1.40 bits per heavy atom. The van der Waals surface area contributed by atoms with E-state index in [2.05, 4.69) is 5.38 Å². The van der Waals surface area contributed by atoms with Gasteiger partial charge in [-0.3, -0.25) is 0 Å². The summed E-state index contributed by atoms with van der Waals surface area (Å²) in [6, 6.07) is 6.74. The van der Waals surface area contributed by atoms with Crippen LogP contribution in [0.5, 0.6) is 0 Å². The Morgan fingerprint density at radius 2 is 2.30 bits per heavy atom. The predicted molar refractivity (Wildman–Crippen MR) is 40.6 cm³/mol. The van der Waals surface area contributed by atoms with Crippen LogP contribution in [0.15, 0.2) is 24.3 Å². The van der Waals surface area contributed by atoms with Crippen LogP contribution >= 0.6 is 11.3 Å². The van der Waals surface area contributed by atoms with E-state index in [9.17, 15) is 4.39 Å². The molecule has 0 aliphatic heterocycles. The van der Waals surface area contributed by atoms with Gasteiger partial charge in [0.05, 0.1) is 0 Å². The maximum Gasteiger partial charge on any atom is 0.131 e. The molecule has 0 amide bonds. The largest absolute Gasteiger partial charge is 0.206 e. The zero-order valence-electron chi connectivity index (χ0n) is 5.10. The maximum atomic E-state index is 12.8. The smallest absolute Gasteiger partial charge is 0.131 e. The topological polar surface area (TPSA) is 0 Å². The lowest BCUT2D eigenvalue weighted by Gasteiger charge is -1.87. The van der Waals surface area contributed by atoms with E-state index in [-0.39, 0.29) is 5.82 Å². The monoisotopic (exact) mass is 151 g/mol. The van der Waals surface area contributed by atoms with Gasteiger partial charge < -0.3 is 0 Å². The first kappa shape index (κ1) is 5.86. The number of benzene rings is 1. The number of hydrogen-bond donors (Lipinski definition) is 0. The van der Waals surface area contributed by atoms with Gasteiger partial charge in [-0.15, -0.1) is 11.3 Å². The zero-order chi connectivity index (χ0) is 6.97. The molecule has 2 rings (SSSR count). The van der Waals surface area contributed by atoms with E-state index < -0.39 is 0 Å². The summed E-state index contributed by atoms with van der Waals surface area (Å²) in [4.78, 5) is 0.